The molecule has 0 aliphatic rings. The Hall–Kier alpha value is -1.54. The zero-order chi connectivity index (χ0) is 13.7. The Morgan fingerprint density at radius 1 is 1.05 bits per heavy atom. The fraction of sp³-hybridized carbons (Fsp3) is 0.412. The maximum atomic E-state index is 3.51. The van der Waals surface area contributed by atoms with Gasteiger partial charge in [0.05, 0.1) is 0 Å². The third-order valence-corrected chi connectivity index (χ3v) is 3.55. The van der Waals surface area contributed by atoms with E-state index >= 15 is 0 Å². The van der Waals surface area contributed by atoms with E-state index in [1.54, 1.807) is 0 Å². The Morgan fingerprint density at radius 2 is 1.79 bits per heavy atom. The highest BCUT2D eigenvalue weighted by Crippen LogP contribution is 2.14. The third-order valence-electron chi connectivity index (χ3n) is 3.55. The van der Waals surface area contributed by atoms with Crippen LogP contribution in [0.4, 0.5) is 0 Å². The molecule has 0 aliphatic carbocycles. The van der Waals surface area contributed by atoms with Gasteiger partial charge >= 0.3 is 0 Å². The van der Waals surface area contributed by atoms with Gasteiger partial charge in [0.1, 0.15) is 0 Å². The molecule has 19 heavy (non-hydrogen) atoms. The smallest absolute Gasteiger partial charge is 0.0362 e. The number of benzene rings is 1. The number of aryl methyl sites for hydroxylation is 1. The molecule has 2 heteroatoms. The van der Waals surface area contributed by atoms with Crippen molar-refractivity contribution < 1.29 is 0 Å². The number of aromatic nitrogens is 1. The standard InChI is InChI=1S/C17H24N2/c1-4-19-11-5-6-17(19)13-18-12-15-7-9-16(10-8-15)14(2)3/h5-11,14,18H,4,12-13H2,1-3H3. The molecule has 0 unspecified atom stereocenters. The molecule has 1 aromatic carbocycles. The summed E-state index contributed by atoms with van der Waals surface area (Å²) >= 11 is 0. The highest BCUT2D eigenvalue weighted by atomic mass is 15.0. The topological polar surface area (TPSA) is 17.0 Å². The SMILES string of the molecule is CCn1cccc1CNCc1ccc(C(C)C)cc1. The molecule has 0 spiro atoms. The molecule has 0 amide bonds. The zero-order valence-corrected chi connectivity index (χ0v) is 12.2. The molecule has 2 nitrogen and oxygen atoms in total. The predicted molar refractivity (Wildman–Crippen MR) is 81.2 cm³/mol. The Balaban J connectivity index is 1.85. The Bertz CT molecular complexity index is 494. The molecule has 0 aliphatic heterocycles. The maximum Gasteiger partial charge on any atom is 0.0362 e. The number of rotatable bonds is 6. The largest absolute Gasteiger partial charge is 0.351 e. The van der Waals surface area contributed by atoms with Gasteiger partial charge < -0.3 is 9.88 Å². The third kappa shape index (κ3) is 3.71. The van der Waals surface area contributed by atoms with Gasteiger partial charge in [-0.3, -0.25) is 0 Å². The van der Waals surface area contributed by atoms with E-state index in [1.807, 2.05) is 0 Å². The minimum Gasteiger partial charge on any atom is -0.351 e. The number of hydrogen-bond donors (Lipinski definition) is 1. The van der Waals surface area contributed by atoms with Crippen molar-refractivity contribution >= 4 is 0 Å². The van der Waals surface area contributed by atoms with Gasteiger partial charge in [-0.15, -0.1) is 0 Å². The van der Waals surface area contributed by atoms with Gasteiger partial charge in [0.25, 0.3) is 0 Å². The quantitative estimate of drug-likeness (QED) is 0.829. The van der Waals surface area contributed by atoms with E-state index in [-0.39, 0.29) is 0 Å². The van der Waals surface area contributed by atoms with Crippen molar-refractivity contribution in [3.05, 3.63) is 59.4 Å². The van der Waals surface area contributed by atoms with E-state index in [9.17, 15) is 0 Å². The van der Waals surface area contributed by atoms with Crippen LogP contribution >= 0.6 is 0 Å². The summed E-state index contributed by atoms with van der Waals surface area (Å²) < 4.78 is 2.27. The Labute approximate surface area is 116 Å². The van der Waals surface area contributed by atoms with E-state index in [0.717, 1.165) is 19.6 Å². The summed E-state index contributed by atoms with van der Waals surface area (Å²) in [6.07, 6.45) is 2.13. The molecule has 2 aromatic rings. The summed E-state index contributed by atoms with van der Waals surface area (Å²) in [5.74, 6) is 0.606. The van der Waals surface area contributed by atoms with Crippen molar-refractivity contribution in [2.75, 3.05) is 0 Å². The Morgan fingerprint density at radius 3 is 2.42 bits per heavy atom. The molecule has 0 fully saturated rings. The van der Waals surface area contributed by atoms with E-state index in [0.29, 0.717) is 5.92 Å². The van der Waals surface area contributed by atoms with Crippen LogP contribution in [-0.2, 0) is 19.6 Å². The summed E-state index contributed by atoms with van der Waals surface area (Å²) in [7, 11) is 0. The average Bonchev–Trinajstić information content (AvgIpc) is 2.87. The average molecular weight is 256 g/mol. The summed E-state index contributed by atoms with van der Waals surface area (Å²) in [4.78, 5) is 0. The van der Waals surface area contributed by atoms with Crippen LogP contribution in [0.2, 0.25) is 0 Å². The summed E-state index contributed by atoms with van der Waals surface area (Å²) in [6.45, 7) is 9.51. The van der Waals surface area contributed by atoms with Crippen LogP contribution in [0.15, 0.2) is 42.6 Å². The molecular weight excluding hydrogens is 232 g/mol. The highest BCUT2D eigenvalue weighted by Gasteiger charge is 2.00. The van der Waals surface area contributed by atoms with Crippen LogP contribution in [0.5, 0.6) is 0 Å². The van der Waals surface area contributed by atoms with Crippen LogP contribution in [0.3, 0.4) is 0 Å². The van der Waals surface area contributed by atoms with Gasteiger partial charge in [0.15, 0.2) is 0 Å². The van der Waals surface area contributed by atoms with E-state index in [2.05, 4.69) is 73.3 Å². The molecule has 102 valence electrons. The second kappa shape index (κ2) is 6.58. The first-order chi connectivity index (χ1) is 9.20. The van der Waals surface area contributed by atoms with Gasteiger partial charge in [-0.05, 0) is 36.1 Å². The van der Waals surface area contributed by atoms with E-state index in [4.69, 9.17) is 0 Å². The number of hydrogen-bond acceptors (Lipinski definition) is 1. The first kappa shape index (κ1) is 13.9. The monoisotopic (exact) mass is 256 g/mol. The van der Waals surface area contributed by atoms with Crippen molar-refractivity contribution in [3.63, 3.8) is 0 Å². The van der Waals surface area contributed by atoms with Crippen LogP contribution in [0, 0.1) is 0 Å². The summed E-state index contributed by atoms with van der Waals surface area (Å²) in [6, 6.07) is 13.2. The van der Waals surface area contributed by atoms with Crippen LogP contribution in [0.25, 0.3) is 0 Å². The van der Waals surface area contributed by atoms with Crippen LogP contribution in [0.1, 0.15) is 43.5 Å². The minimum absolute atomic E-state index is 0.606. The number of nitrogens with zero attached hydrogens (tertiary/aromatic N) is 1. The molecular formula is C17H24N2. The molecule has 2 rings (SSSR count). The van der Waals surface area contributed by atoms with E-state index in [1.165, 1.54) is 16.8 Å². The fourth-order valence-electron chi connectivity index (χ4n) is 2.27. The lowest BCUT2D eigenvalue weighted by Gasteiger charge is -2.09. The second-order valence-corrected chi connectivity index (χ2v) is 5.29. The molecule has 0 atom stereocenters. The van der Waals surface area contributed by atoms with E-state index < -0.39 is 0 Å². The summed E-state index contributed by atoms with van der Waals surface area (Å²) in [5, 5.41) is 3.51. The van der Waals surface area contributed by atoms with Gasteiger partial charge in [0, 0.05) is 31.5 Å². The molecule has 0 saturated heterocycles. The fourth-order valence-corrected chi connectivity index (χ4v) is 2.27. The van der Waals surface area contributed by atoms with Gasteiger partial charge in [-0.25, -0.2) is 0 Å². The maximum absolute atomic E-state index is 3.51. The highest BCUT2D eigenvalue weighted by molar-refractivity contribution is 5.24. The molecule has 0 saturated carbocycles. The lowest BCUT2D eigenvalue weighted by molar-refractivity contribution is 0.629. The summed E-state index contributed by atoms with van der Waals surface area (Å²) in [5.41, 5.74) is 4.10. The first-order valence-electron chi connectivity index (χ1n) is 7.14. The normalized spacial score (nSPS) is 11.2. The van der Waals surface area contributed by atoms with Crippen molar-refractivity contribution in [2.45, 2.75) is 46.3 Å². The second-order valence-electron chi connectivity index (χ2n) is 5.29. The molecule has 1 N–H and O–H groups in total. The van der Waals surface area contributed by atoms with Gasteiger partial charge in [0.2, 0.25) is 0 Å². The van der Waals surface area contributed by atoms with Crippen molar-refractivity contribution in [1.29, 1.82) is 0 Å². The van der Waals surface area contributed by atoms with Crippen LogP contribution < -0.4 is 5.32 Å². The molecule has 0 bridgehead atoms. The first-order valence-corrected chi connectivity index (χ1v) is 7.14. The predicted octanol–water partition coefficient (Wildman–Crippen LogP) is 3.92. The van der Waals surface area contributed by atoms with Crippen molar-refractivity contribution in [2.24, 2.45) is 0 Å². The molecule has 0 radical (unpaired) electrons. The number of nitrogens with one attached hydrogen (secondary N) is 1. The Kier molecular flexibility index (Phi) is 4.80. The van der Waals surface area contributed by atoms with Crippen molar-refractivity contribution in [1.82, 2.24) is 9.88 Å². The van der Waals surface area contributed by atoms with Gasteiger partial charge in [-0.1, -0.05) is 38.1 Å². The minimum atomic E-state index is 0.606. The zero-order valence-electron chi connectivity index (χ0n) is 12.2. The van der Waals surface area contributed by atoms with Crippen LogP contribution in [-0.4, -0.2) is 4.57 Å². The lowest BCUT2D eigenvalue weighted by Crippen LogP contribution is -2.15. The van der Waals surface area contributed by atoms with Gasteiger partial charge in [-0.2, -0.15) is 0 Å². The molecule has 1 aromatic heterocycles. The lowest BCUT2D eigenvalue weighted by atomic mass is 10.0. The molecule has 1 heterocycles. The van der Waals surface area contributed by atoms with Crippen molar-refractivity contribution in [3.8, 4) is 0 Å².